The zero-order valence-corrected chi connectivity index (χ0v) is 16.8. The van der Waals surface area contributed by atoms with Gasteiger partial charge in [0.25, 0.3) is 5.91 Å². The molecule has 2 atom stereocenters. The summed E-state index contributed by atoms with van der Waals surface area (Å²) in [6.45, 7) is 7.16. The minimum Gasteiger partial charge on any atom is -0.383 e. The molecule has 1 aliphatic heterocycles. The number of likely N-dealkylation sites (N-methyl/N-ethyl adjacent to an activating group) is 1. The lowest BCUT2D eigenvalue weighted by Gasteiger charge is -2.36. The van der Waals surface area contributed by atoms with Crippen molar-refractivity contribution in [2.75, 3.05) is 33.9 Å². The number of benzene rings is 1. The van der Waals surface area contributed by atoms with Crippen molar-refractivity contribution in [2.24, 2.45) is 5.92 Å². The molecule has 1 amide bonds. The maximum absolute atomic E-state index is 12.9. The Labute approximate surface area is 154 Å². The molecule has 0 saturated carbocycles. The van der Waals surface area contributed by atoms with E-state index in [1.165, 1.54) is 12.8 Å². The Hall–Kier alpha value is -0.910. The van der Waals surface area contributed by atoms with Crippen LogP contribution in [0.15, 0.2) is 28.7 Å². The molecule has 134 valence electrons. The summed E-state index contributed by atoms with van der Waals surface area (Å²) in [6, 6.07) is 8.26. The zero-order chi connectivity index (χ0) is 17.7. The molecule has 5 heteroatoms. The molecule has 2 rings (SSSR count). The van der Waals surface area contributed by atoms with Crippen LogP contribution in [-0.4, -0.2) is 61.6 Å². The first-order valence-corrected chi connectivity index (χ1v) is 9.49. The van der Waals surface area contributed by atoms with E-state index < -0.39 is 0 Å². The van der Waals surface area contributed by atoms with Gasteiger partial charge in [0.15, 0.2) is 0 Å². The van der Waals surface area contributed by atoms with Gasteiger partial charge in [-0.2, -0.15) is 0 Å². The van der Waals surface area contributed by atoms with E-state index in [1.807, 2.05) is 36.2 Å². The van der Waals surface area contributed by atoms with E-state index in [2.05, 4.69) is 34.7 Å². The highest BCUT2D eigenvalue weighted by Gasteiger charge is 2.31. The SMILES string of the molecule is COC[C@@H]1CCCN1C[C@H](C(C)C)N(C)C(=O)c1ccc(Br)cc1. The number of rotatable bonds is 7. The number of hydrogen-bond acceptors (Lipinski definition) is 3. The van der Waals surface area contributed by atoms with Crippen LogP contribution >= 0.6 is 15.9 Å². The standard InChI is InChI=1S/C19H29BrN2O2/c1-14(2)18(12-22-11-5-6-17(22)13-24-4)21(3)19(23)15-7-9-16(20)10-8-15/h7-10,14,17-18H,5-6,11-13H2,1-4H3/t17-,18+/m0/s1. The Morgan fingerprint density at radius 2 is 2.04 bits per heavy atom. The lowest BCUT2D eigenvalue weighted by atomic mass is 10.0. The van der Waals surface area contributed by atoms with Gasteiger partial charge in [-0.25, -0.2) is 0 Å². The van der Waals surface area contributed by atoms with E-state index in [9.17, 15) is 4.79 Å². The van der Waals surface area contributed by atoms with Crippen LogP contribution in [0.1, 0.15) is 37.0 Å². The van der Waals surface area contributed by atoms with Crippen LogP contribution in [-0.2, 0) is 4.74 Å². The van der Waals surface area contributed by atoms with Crippen LogP contribution in [0.5, 0.6) is 0 Å². The Morgan fingerprint density at radius 3 is 2.62 bits per heavy atom. The Bertz CT molecular complexity index is 533. The second kappa shape index (κ2) is 8.97. The number of amides is 1. The highest BCUT2D eigenvalue weighted by molar-refractivity contribution is 9.10. The van der Waals surface area contributed by atoms with Crippen molar-refractivity contribution in [3.05, 3.63) is 34.3 Å². The molecule has 0 aromatic heterocycles. The molecular formula is C19H29BrN2O2. The number of likely N-dealkylation sites (tertiary alicyclic amines) is 1. The summed E-state index contributed by atoms with van der Waals surface area (Å²) in [7, 11) is 3.69. The number of ether oxygens (including phenoxy) is 1. The molecule has 1 aromatic carbocycles. The predicted molar refractivity (Wildman–Crippen MR) is 101 cm³/mol. The number of methoxy groups -OCH3 is 1. The van der Waals surface area contributed by atoms with Crippen LogP contribution in [0.4, 0.5) is 0 Å². The quantitative estimate of drug-likeness (QED) is 0.704. The molecule has 0 aliphatic carbocycles. The van der Waals surface area contributed by atoms with Crippen molar-refractivity contribution in [3.63, 3.8) is 0 Å². The molecule has 0 radical (unpaired) electrons. The van der Waals surface area contributed by atoms with Gasteiger partial charge in [-0.05, 0) is 49.6 Å². The average Bonchev–Trinajstić information content (AvgIpc) is 2.99. The van der Waals surface area contributed by atoms with Crippen molar-refractivity contribution in [2.45, 2.75) is 38.8 Å². The van der Waals surface area contributed by atoms with Gasteiger partial charge in [-0.3, -0.25) is 9.69 Å². The van der Waals surface area contributed by atoms with Gasteiger partial charge in [-0.15, -0.1) is 0 Å². The molecule has 1 fully saturated rings. The average molecular weight is 397 g/mol. The van der Waals surface area contributed by atoms with Crippen LogP contribution in [0, 0.1) is 5.92 Å². The fourth-order valence-corrected chi connectivity index (χ4v) is 3.75. The van der Waals surface area contributed by atoms with E-state index in [-0.39, 0.29) is 11.9 Å². The highest BCUT2D eigenvalue weighted by Crippen LogP contribution is 2.22. The van der Waals surface area contributed by atoms with E-state index in [0.29, 0.717) is 12.0 Å². The largest absolute Gasteiger partial charge is 0.383 e. The molecule has 0 spiro atoms. The third-order valence-corrected chi connectivity index (χ3v) is 5.49. The van der Waals surface area contributed by atoms with Crippen LogP contribution < -0.4 is 0 Å². The highest BCUT2D eigenvalue weighted by atomic mass is 79.9. The maximum atomic E-state index is 12.9. The topological polar surface area (TPSA) is 32.8 Å². The van der Waals surface area contributed by atoms with Crippen molar-refractivity contribution in [3.8, 4) is 0 Å². The first-order chi connectivity index (χ1) is 11.4. The smallest absolute Gasteiger partial charge is 0.253 e. The van der Waals surface area contributed by atoms with E-state index in [4.69, 9.17) is 4.74 Å². The third-order valence-electron chi connectivity index (χ3n) is 4.96. The maximum Gasteiger partial charge on any atom is 0.253 e. The molecule has 4 nitrogen and oxygen atoms in total. The first kappa shape index (κ1) is 19.4. The Kier molecular flexibility index (Phi) is 7.26. The minimum absolute atomic E-state index is 0.0867. The second-order valence-corrected chi connectivity index (χ2v) is 7.90. The molecule has 0 N–H and O–H groups in total. The van der Waals surface area contributed by atoms with E-state index in [0.717, 1.165) is 29.7 Å². The van der Waals surface area contributed by atoms with Gasteiger partial charge < -0.3 is 9.64 Å². The third kappa shape index (κ3) is 4.80. The number of halogens is 1. The predicted octanol–water partition coefficient (Wildman–Crippen LogP) is 3.66. The van der Waals surface area contributed by atoms with Crippen molar-refractivity contribution >= 4 is 21.8 Å². The van der Waals surface area contributed by atoms with Crippen molar-refractivity contribution < 1.29 is 9.53 Å². The van der Waals surface area contributed by atoms with Crippen molar-refractivity contribution in [1.82, 2.24) is 9.80 Å². The Morgan fingerprint density at radius 1 is 1.38 bits per heavy atom. The van der Waals surface area contributed by atoms with Crippen LogP contribution in [0.25, 0.3) is 0 Å². The van der Waals surface area contributed by atoms with Gasteiger partial charge in [0.05, 0.1) is 6.61 Å². The fourth-order valence-electron chi connectivity index (χ4n) is 3.48. The lowest BCUT2D eigenvalue weighted by molar-refractivity contribution is 0.0555. The number of carbonyl (C=O) groups excluding carboxylic acids is 1. The molecule has 0 unspecified atom stereocenters. The summed E-state index contributed by atoms with van der Waals surface area (Å²) in [5.74, 6) is 0.488. The minimum atomic E-state index is 0.0867. The van der Waals surface area contributed by atoms with E-state index >= 15 is 0 Å². The summed E-state index contributed by atoms with van der Waals surface area (Å²) in [4.78, 5) is 17.2. The van der Waals surface area contributed by atoms with Crippen LogP contribution in [0.3, 0.4) is 0 Å². The Balaban J connectivity index is 2.08. The van der Waals surface area contributed by atoms with Gasteiger partial charge in [0, 0.05) is 42.8 Å². The summed E-state index contributed by atoms with van der Waals surface area (Å²) in [6.07, 6.45) is 2.40. The second-order valence-electron chi connectivity index (χ2n) is 6.98. The zero-order valence-electron chi connectivity index (χ0n) is 15.2. The van der Waals surface area contributed by atoms with Crippen molar-refractivity contribution in [1.29, 1.82) is 0 Å². The molecule has 1 saturated heterocycles. The van der Waals surface area contributed by atoms with Gasteiger partial charge >= 0.3 is 0 Å². The lowest BCUT2D eigenvalue weighted by Crippen LogP contribution is -2.49. The molecule has 1 aromatic rings. The molecule has 0 bridgehead atoms. The fraction of sp³-hybridized carbons (Fsp3) is 0.632. The first-order valence-electron chi connectivity index (χ1n) is 8.69. The summed E-state index contributed by atoms with van der Waals surface area (Å²) in [5, 5.41) is 0. The summed E-state index contributed by atoms with van der Waals surface area (Å²) >= 11 is 3.42. The van der Waals surface area contributed by atoms with Gasteiger partial charge in [0.2, 0.25) is 0 Å². The number of nitrogens with zero attached hydrogens (tertiary/aromatic N) is 2. The molecule has 1 aliphatic rings. The number of hydrogen-bond donors (Lipinski definition) is 0. The molecule has 1 heterocycles. The normalized spacial score (nSPS) is 19.7. The van der Waals surface area contributed by atoms with E-state index in [1.54, 1.807) is 7.11 Å². The molecular weight excluding hydrogens is 368 g/mol. The monoisotopic (exact) mass is 396 g/mol. The summed E-state index contributed by atoms with van der Waals surface area (Å²) in [5.41, 5.74) is 0.737. The number of carbonyl (C=O) groups is 1. The molecule has 24 heavy (non-hydrogen) atoms. The summed E-state index contributed by atoms with van der Waals surface area (Å²) < 4.78 is 6.35. The van der Waals surface area contributed by atoms with Crippen LogP contribution in [0.2, 0.25) is 0 Å². The van der Waals surface area contributed by atoms with Gasteiger partial charge in [0.1, 0.15) is 0 Å². The van der Waals surface area contributed by atoms with Gasteiger partial charge in [-0.1, -0.05) is 29.8 Å².